The molecule has 6 heteroatoms. The SMILES string of the molecule is CCc1c(S(=O)(=O)Cc2ccccc2)c2ccccc2n1OC(C)=O. The molecule has 25 heavy (non-hydrogen) atoms. The number of carbonyl (C=O) groups is 1. The zero-order valence-electron chi connectivity index (χ0n) is 14.1. The second kappa shape index (κ2) is 6.72. The van der Waals surface area contributed by atoms with E-state index in [0.717, 1.165) is 0 Å². The molecule has 0 unspecified atom stereocenters. The van der Waals surface area contributed by atoms with Gasteiger partial charge in [-0.3, -0.25) is 0 Å². The van der Waals surface area contributed by atoms with Crippen LogP contribution in [-0.4, -0.2) is 19.1 Å². The van der Waals surface area contributed by atoms with Crippen molar-refractivity contribution in [1.82, 2.24) is 4.73 Å². The van der Waals surface area contributed by atoms with Gasteiger partial charge in [0.25, 0.3) is 0 Å². The molecule has 0 aliphatic heterocycles. The van der Waals surface area contributed by atoms with Gasteiger partial charge in [-0.2, -0.15) is 4.73 Å². The van der Waals surface area contributed by atoms with E-state index in [9.17, 15) is 13.2 Å². The summed E-state index contributed by atoms with van der Waals surface area (Å²) >= 11 is 0. The Morgan fingerprint density at radius 2 is 1.68 bits per heavy atom. The van der Waals surface area contributed by atoms with E-state index in [1.54, 1.807) is 36.4 Å². The summed E-state index contributed by atoms with van der Waals surface area (Å²) < 4.78 is 27.6. The summed E-state index contributed by atoms with van der Waals surface area (Å²) in [6.45, 7) is 3.14. The van der Waals surface area contributed by atoms with Crippen molar-refractivity contribution in [3.63, 3.8) is 0 Å². The molecule has 0 amide bonds. The predicted octanol–water partition coefficient (Wildman–Crippen LogP) is 3.15. The number of rotatable bonds is 5. The van der Waals surface area contributed by atoms with Crippen molar-refractivity contribution in [2.75, 3.05) is 0 Å². The molecule has 0 atom stereocenters. The van der Waals surface area contributed by atoms with Gasteiger partial charge in [-0.15, -0.1) is 0 Å². The minimum atomic E-state index is -3.61. The van der Waals surface area contributed by atoms with Crippen molar-refractivity contribution < 1.29 is 18.0 Å². The van der Waals surface area contributed by atoms with Crippen molar-refractivity contribution in [3.05, 3.63) is 65.9 Å². The highest BCUT2D eigenvalue weighted by Gasteiger charge is 2.28. The first-order valence-electron chi connectivity index (χ1n) is 8.02. The summed E-state index contributed by atoms with van der Waals surface area (Å²) in [5.41, 5.74) is 1.77. The average Bonchev–Trinajstić information content (AvgIpc) is 2.89. The summed E-state index contributed by atoms with van der Waals surface area (Å²) in [5.74, 6) is -0.600. The van der Waals surface area contributed by atoms with E-state index in [1.807, 2.05) is 25.1 Å². The number of benzene rings is 2. The zero-order chi connectivity index (χ0) is 18.0. The Kier molecular flexibility index (Phi) is 4.63. The average molecular weight is 357 g/mol. The fraction of sp³-hybridized carbons (Fsp3) is 0.211. The van der Waals surface area contributed by atoms with Crippen LogP contribution in [0.15, 0.2) is 59.5 Å². The van der Waals surface area contributed by atoms with Crippen molar-refractivity contribution >= 4 is 26.7 Å². The van der Waals surface area contributed by atoms with Crippen LogP contribution < -0.4 is 4.84 Å². The number of hydrogen-bond acceptors (Lipinski definition) is 4. The molecule has 1 aromatic heterocycles. The van der Waals surface area contributed by atoms with Gasteiger partial charge in [0.15, 0.2) is 9.84 Å². The molecule has 2 aromatic carbocycles. The first-order chi connectivity index (χ1) is 11.9. The van der Waals surface area contributed by atoms with Gasteiger partial charge in [-0.25, -0.2) is 13.2 Å². The van der Waals surface area contributed by atoms with Crippen LogP contribution in [0.2, 0.25) is 0 Å². The third-order valence-electron chi connectivity index (χ3n) is 3.94. The Bertz CT molecular complexity index is 1020. The van der Waals surface area contributed by atoms with E-state index in [-0.39, 0.29) is 10.6 Å². The number of fused-ring (bicyclic) bond motifs is 1. The highest BCUT2D eigenvalue weighted by atomic mass is 32.2. The number of hydrogen-bond donors (Lipinski definition) is 0. The Labute approximate surface area is 146 Å². The molecule has 0 N–H and O–H groups in total. The topological polar surface area (TPSA) is 65.4 Å². The van der Waals surface area contributed by atoms with E-state index < -0.39 is 15.8 Å². The molecule has 0 aliphatic rings. The van der Waals surface area contributed by atoms with Crippen LogP contribution in [0.5, 0.6) is 0 Å². The summed E-state index contributed by atoms with van der Waals surface area (Å²) in [6.07, 6.45) is 0.422. The lowest BCUT2D eigenvalue weighted by molar-refractivity contribution is -0.141. The van der Waals surface area contributed by atoms with Crippen molar-refractivity contribution in [2.24, 2.45) is 0 Å². The standard InChI is InChI=1S/C19H19NO4S/c1-3-17-19(25(22,23)13-15-9-5-4-6-10-15)16-11-7-8-12-18(16)20(17)24-14(2)21/h4-12H,3,13H2,1-2H3. The molecular weight excluding hydrogens is 338 g/mol. The molecule has 130 valence electrons. The normalized spacial score (nSPS) is 11.6. The van der Waals surface area contributed by atoms with Crippen LogP contribution in [0.3, 0.4) is 0 Å². The maximum atomic E-state index is 13.1. The minimum absolute atomic E-state index is 0.102. The first-order valence-corrected chi connectivity index (χ1v) is 9.67. The van der Waals surface area contributed by atoms with Crippen LogP contribution >= 0.6 is 0 Å². The van der Waals surface area contributed by atoms with Gasteiger partial charge in [0, 0.05) is 12.3 Å². The van der Waals surface area contributed by atoms with Crippen LogP contribution in [0, 0.1) is 0 Å². The van der Waals surface area contributed by atoms with E-state index in [4.69, 9.17) is 4.84 Å². The Morgan fingerprint density at radius 3 is 2.32 bits per heavy atom. The Morgan fingerprint density at radius 1 is 1.04 bits per heavy atom. The quantitative estimate of drug-likeness (QED) is 0.704. The molecule has 0 fully saturated rings. The second-order valence-electron chi connectivity index (χ2n) is 5.77. The van der Waals surface area contributed by atoms with E-state index in [2.05, 4.69) is 0 Å². The summed E-state index contributed by atoms with van der Waals surface area (Å²) in [7, 11) is -3.61. The molecular formula is C19H19NO4S. The molecule has 0 bridgehead atoms. The third kappa shape index (κ3) is 3.30. The fourth-order valence-corrected chi connectivity index (χ4v) is 4.86. The number of carbonyl (C=O) groups excluding carboxylic acids is 1. The monoisotopic (exact) mass is 357 g/mol. The molecule has 3 aromatic rings. The summed E-state index contributed by atoms with van der Waals surface area (Å²) in [6, 6.07) is 16.1. The predicted molar refractivity (Wildman–Crippen MR) is 95.9 cm³/mol. The lowest BCUT2D eigenvalue weighted by Crippen LogP contribution is -2.19. The highest BCUT2D eigenvalue weighted by molar-refractivity contribution is 7.91. The van der Waals surface area contributed by atoms with Gasteiger partial charge in [0.2, 0.25) is 0 Å². The lowest BCUT2D eigenvalue weighted by atomic mass is 10.2. The summed E-state index contributed by atoms with van der Waals surface area (Å²) in [5, 5.41) is 0.566. The second-order valence-corrected chi connectivity index (χ2v) is 7.69. The van der Waals surface area contributed by atoms with E-state index in [1.165, 1.54) is 11.7 Å². The van der Waals surface area contributed by atoms with E-state index >= 15 is 0 Å². The van der Waals surface area contributed by atoms with Crippen LogP contribution in [-0.2, 0) is 26.8 Å². The smallest absolute Gasteiger partial charge is 0.329 e. The molecule has 3 rings (SSSR count). The van der Waals surface area contributed by atoms with Gasteiger partial charge in [-0.1, -0.05) is 55.5 Å². The maximum Gasteiger partial charge on any atom is 0.329 e. The number of para-hydroxylation sites is 1. The van der Waals surface area contributed by atoms with Crippen LogP contribution in [0.1, 0.15) is 25.1 Å². The largest absolute Gasteiger partial charge is 0.337 e. The number of aromatic nitrogens is 1. The maximum absolute atomic E-state index is 13.1. The van der Waals surface area contributed by atoms with Gasteiger partial charge < -0.3 is 4.84 Å². The number of nitrogens with zero attached hydrogens (tertiary/aromatic N) is 1. The van der Waals surface area contributed by atoms with Gasteiger partial charge in [-0.05, 0) is 18.1 Å². The van der Waals surface area contributed by atoms with Crippen molar-refractivity contribution in [1.29, 1.82) is 0 Å². The minimum Gasteiger partial charge on any atom is -0.337 e. The van der Waals surface area contributed by atoms with E-state index in [0.29, 0.717) is 28.6 Å². The number of sulfone groups is 1. The third-order valence-corrected chi connectivity index (χ3v) is 5.73. The molecule has 1 heterocycles. The molecule has 0 aliphatic carbocycles. The van der Waals surface area contributed by atoms with Gasteiger partial charge >= 0.3 is 5.97 Å². The Hall–Kier alpha value is -2.60. The Balaban J connectivity index is 2.23. The molecule has 0 spiro atoms. The van der Waals surface area contributed by atoms with Crippen molar-refractivity contribution in [3.8, 4) is 0 Å². The molecule has 0 saturated heterocycles. The zero-order valence-corrected chi connectivity index (χ0v) is 14.9. The van der Waals surface area contributed by atoms with Crippen molar-refractivity contribution in [2.45, 2.75) is 30.9 Å². The lowest BCUT2D eigenvalue weighted by Gasteiger charge is -2.09. The first kappa shape index (κ1) is 17.2. The summed E-state index contributed by atoms with van der Waals surface area (Å²) in [4.78, 5) is 17.0. The van der Waals surface area contributed by atoms with Crippen LogP contribution in [0.4, 0.5) is 0 Å². The molecule has 0 radical (unpaired) electrons. The molecule has 0 saturated carbocycles. The van der Waals surface area contributed by atoms with Gasteiger partial charge in [0.05, 0.1) is 21.9 Å². The van der Waals surface area contributed by atoms with Crippen LogP contribution in [0.25, 0.3) is 10.9 Å². The molecule has 5 nitrogen and oxygen atoms in total. The fourth-order valence-electron chi connectivity index (χ4n) is 2.99. The van der Waals surface area contributed by atoms with Gasteiger partial charge in [0.1, 0.15) is 0 Å². The highest BCUT2D eigenvalue weighted by Crippen LogP contribution is 2.32.